The lowest BCUT2D eigenvalue weighted by atomic mass is 10.2. The van der Waals surface area contributed by atoms with Gasteiger partial charge in [0.25, 0.3) is 0 Å². The monoisotopic (exact) mass is 373 g/mol. The Bertz CT molecular complexity index is 861. The molecule has 2 aromatic rings. The highest BCUT2D eigenvalue weighted by Crippen LogP contribution is 2.48. The maximum atomic E-state index is 13.0. The minimum absolute atomic E-state index is 0.0546. The van der Waals surface area contributed by atoms with Crippen LogP contribution in [0.25, 0.3) is 0 Å². The van der Waals surface area contributed by atoms with Crippen molar-refractivity contribution in [3.8, 4) is 0 Å². The molecule has 25 heavy (non-hydrogen) atoms. The molecule has 3 rings (SSSR count). The molecule has 0 bridgehead atoms. The molecule has 1 N–H and O–H groups in total. The predicted octanol–water partition coefficient (Wildman–Crippen LogP) is 3.01. The van der Waals surface area contributed by atoms with Crippen molar-refractivity contribution in [2.45, 2.75) is 19.3 Å². The quantitative estimate of drug-likeness (QED) is 0.810. The molecular weight excluding hydrogens is 363 g/mol. The second kappa shape index (κ2) is 5.73. The summed E-state index contributed by atoms with van der Waals surface area (Å²) in [6.07, 6.45) is -5.49. The fraction of sp³-hybridized carbons (Fsp3) is 0.286. The summed E-state index contributed by atoms with van der Waals surface area (Å²) in [5, 5.41) is 16.0. The van der Waals surface area contributed by atoms with E-state index in [1.165, 1.54) is 30.0 Å². The number of pyridine rings is 1. The van der Waals surface area contributed by atoms with Crippen LogP contribution >= 0.6 is 11.8 Å². The lowest BCUT2D eigenvalue weighted by molar-refractivity contribution is -0.142. The Kier molecular flexibility index (Phi) is 3.94. The van der Waals surface area contributed by atoms with Crippen molar-refractivity contribution in [1.29, 1.82) is 0 Å². The molecule has 132 valence electrons. The fourth-order valence-corrected chi connectivity index (χ4v) is 3.11. The zero-order chi connectivity index (χ0) is 18.5. The zero-order valence-electron chi connectivity index (χ0n) is 12.9. The molecule has 1 aliphatic rings. The molecule has 2 aromatic heterocycles. The maximum Gasteiger partial charge on any atom is 0.435 e. The smallest absolute Gasteiger partial charge is 0.435 e. The number of carbonyl (C=O) groups is 1. The van der Waals surface area contributed by atoms with E-state index in [0.717, 1.165) is 4.42 Å². The van der Waals surface area contributed by atoms with E-state index in [9.17, 15) is 18.0 Å². The van der Waals surface area contributed by atoms with Gasteiger partial charge in [-0.3, -0.25) is 4.42 Å². The van der Waals surface area contributed by atoms with Gasteiger partial charge < -0.3 is 10.0 Å². The van der Waals surface area contributed by atoms with Crippen molar-refractivity contribution >= 4 is 29.3 Å². The number of alkyl halides is 3. The van der Waals surface area contributed by atoms with Gasteiger partial charge in [0.2, 0.25) is 0 Å². The summed E-state index contributed by atoms with van der Waals surface area (Å²) < 4.78 is 40.2. The third-order valence-electron chi connectivity index (χ3n) is 3.82. The van der Waals surface area contributed by atoms with Crippen LogP contribution in [0.4, 0.5) is 24.7 Å². The van der Waals surface area contributed by atoms with E-state index in [2.05, 4.69) is 15.2 Å². The number of fused-ring (bicyclic) bond motifs is 1. The van der Waals surface area contributed by atoms with Gasteiger partial charge in [-0.15, -0.1) is 10.2 Å². The lowest BCUT2D eigenvalue weighted by Gasteiger charge is -2.24. The largest absolute Gasteiger partial charge is 0.477 e. The van der Waals surface area contributed by atoms with Crippen LogP contribution in [0.3, 0.4) is 0 Å². The second-order valence-corrected chi connectivity index (χ2v) is 5.76. The van der Waals surface area contributed by atoms with E-state index in [0.29, 0.717) is 0 Å². The minimum atomic E-state index is -4.66. The van der Waals surface area contributed by atoms with Crippen LogP contribution in [0.2, 0.25) is 0 Å². The molecule has 0 aromatic carbocycles. The van der Waals surface area contributed by atoms with Crippen molar-refractivity contribution < 1.29 is 23.1 Å². The first-order valence-corrected chi connectivity index (χ1v) is 7.29. The summed E-state index contributed by atoms with van der Waals surface area (Å²) in [6.45, 7) is 1.25. The molecule has 3 heterocycles. The van der Waals surface area contributed by atoms with Gasteiger partial charge in [-0.25, -0.2) is 9.78 Å². The van der Waals surface area contributed by atoms with E-state index in [-0.39, 0.29) is 28.5 Å². The van der Waals surface area contributed by atoms with E-state index in [4.69, 9.17) is 16.9 Å². The number of carboxylic acids is 1. The Balaban J connectivity index is 2.10. The number of carboxylic acid groups (broad SMARTS) is 1. The van der Waals surface area contributed by atoms with Crippen molar-refractivity contribution in [2.24, 2.45) is 0 Å². The number of rotatable bonds is 2. The van der Waals surface area contributed by atoms with Gasteiger partial charge >= 0.3 is 12.1 Å². The minimum Gasteiger partial charge on any atom is -0.477 e. The molecule has 0 aliphatic carbocycles. The van der Waals surface area contributed by atoms with Crippen LogP contribution in [0, 0.1) is 6.92 Å². The van der Waals surface area contributed by atoms with Crippen LogP contribution < -0.4 is 9.32 Å². The standard InChI is InChI=1S/C14H11ClF3N5O2/c1-6-9-11(21-20-10(6)14(16,17)18)22(2)12(23(9)15)7-4-3-5-8(19-7)13(24)25/h3-5,12H,1-2H3,(H,24,25). The average Bonchev–Trinajstić information content (AvgIpc) is 2.78. The molecule has 0 radical (unpaired) electrons. The highest BCUT2D eigenvalue weighted by Gasteiger charge is 2.43. The Morgan fingerprint density at radius 1 is 1.32 bits per heavy atom. The summed E-state index contributed by atoms with van der Waals surface area (Å²) >= 11 is 6.27. The first-order valence-electron chi connectivity index (χ1n) is 6.95. The first-order chi connectivity index (χ1) is 11.6. The summed E-state index contributed by atoms with van der Waals surface area (Å²) in [4.78, 5) is 16.6. The number of aromatic nitrogens is 3. The van der Waals surface area contributed by atoms with Gasteiger partial charge in [0.05, 0.1) is 5.69 Å². The van der Waals surface area contributed by atoms with Crippen LogP contribution in [0.1, 0.15) is 33.6 Å². The Labute approximate surface area is 144 Å². The molecule has 0 spiro atoms. The van der Waals surface area contributed by atoms with Crippen LogP contribution in [0.5, 0.6) is 0 Å². The number of anilines is 2. The molecule has 0 saturated heterocycles. The number of hydrogen-bond donors (Lipinski definition) is 1. The highest BCUT2D eigenvalue weighted by atomic mass is 35.5. The van der Waals surface area contributed by atoms with Crippen molar-refractivity contribution in [3.05, 3.63) is 40.8 Å². The summed E-state index contributed by atoms with van der Waals surface area (Å²) in [6, 6.07) is 4.31. The fourth-order valence-electron chi connectivity index (χ4n) is 2.68. The zero-order valence-corrected chi connectivity index (χ0v) is 13.7. The first kappa shape index (κ1) is 17.2. The van der Waals surface area contributed by atoms with Crippen molar-refractivity contribution in [3.63, 3.8) is 0 Å². The van der Waals surface area contributed by atoms with Crippen LogP contribution in [-0.2, 0) is 6.18 Å². The van der Waals surface area contributed by atoms with E-state index in [1.54, 1.807) is 7.05 Å². The number of halogens is 4. The van der Waals surface area contributed by atoms with Gasteiger partial charge in [-0.1, -0.05) is 6.07 Å². The Hall–Kier alpha value is -2.62. The van der Waals surface area contributed by atoms with Gasteiger partial charge in [0.1, 0.15) is 11.4 Å². The molecule has 1 atom stereocenters. The molecule has 0 saturated carbocycles. The molecule has 11 heteroatoms. The third kappa shape index (κ3) is 2.72. The molecule has 7 nitrogen and oxygen atoms in total. The summed E-state index contributed by atoms with van der Waals surface area (Å²) in [5.74, 6) is -1.08. The average molecular weight is 374 g/mol. The molecular formula is C14H11ClF3N5O2. The predicted molar refractivity (Wildman–Crippen MR) is 82.4 cm³/mol. The van der Waals surface area contributed by atoms with Gasteiger partial charge in [-0.05, 0) is 19.1 Å². The summed E-state index contributed by atoms with van der Waals surface area (Å²) in [5.41, 5.74) is -1.19. The number of nitrogens with zero attached hydrogens (tertiary/aromatic N) is 5. The topological polar surface area (TPSA) is 82.5 Å². The molecule has 0 fully saturated rings. The van der Waals surface area contributed by atoms with Crippen molar-refractivity contribution in [2.75, 3.05) is 16.4 Å². The van der Waals surface area contributed by atoms with E-state index in [1.807, 2.05) is 0 Å². The van der Waals surface area contributed by atoms with Crippen LogP contribution in [0.15, 0.2) is 18.2 Å². The summed E-state index contributed by atoms with van der Waals surface area (Å²) in [7, 11) is 1.56. The van der Waals surface area contributed by atoms with E-state index < -0.39 is 24.0 Å². The highest BCUT2D eigenvalue weighted by molar-refractivity contribution is 6.28. The number of hydrogen-bond acceptors (Lipinski definition) is 6. The third-order valence-corrected chi connectivity index (χ3v) is 4.17. The van der Waals surface area contributed by atoms with Crippen LogP contribution in [-0.4, -0.2) is 33.3 Å². The van der Waals surface area contributed by atoms with E-state index >= 15 is 0 Å². The second-order valence-electron chi connectivity index (χ2n) is 5.39. The van der Waals surface area contributed by atoms with Gasteiger partial charge in [-0.2, -0.15) is 13.2 Å². The number of aromatic carboxylic acids is 1. The SMILES string of the molecule is Cc1c(C(F)(F)F)nnc2c1N(Cl)C(c1cccc(C(=O)O)n1)N2C. The molecule has 0 amide bonds. The van der Waals surface area contributed by atoms with Crippen molar-refractivity contribution in [1.82, 2.24) is 15.2 Å². The normalized spacial score (nSPS) is 17.0. The van der Waals surface area contributed by atoms with Gasteiger partial charge in [0.15, 0.2) is 17.7 Å². The molecule has 1 aliphatic heterocycles. The van der Waals surface area contributed by atoms with Gasteiger partial charge in [0, 0.05) is 24.4 Å². The Morgan fingerprint density at radius 3 is 2.60 bits per heavy atom. The Morgan fingerprint density at radius 2 is 2.00 bits per heavy atom. The molecule has 1 unspecified atom stereocenters. The lowest BCUT2D eigenvalue weighted by Crippen LogP contribution is -2.29. The maximum absolute atomic E-state index is 13.0.